The summed E-state index contributed by atoms with van der Waals surface area (Å²) in [6.45, 7) is 29.0. The second-order valence-electron chi connectivity index (χ2n) is 12.7. The molecule has 2 N–H and O–H groups in total. The van der Waals surface area contributed by atoms with Gasteiger partial charge in [-0.1, -0.05) is 86.0 Å². The van der Waals surface area contributed by atoms with Crippen LogP contribution in [0.25, 0.3) is 5.57 Å². The molecule has 1 aromatic rings. The van der Waals surface area contributed by atoms with Crippen LogP contribution in [-0.2, 0) is 11.2 Å². The van der Waals surface area contributed by atoms with Crippen LogP contribution in [0, 0.1) is 41.4 Å². The molecule has 0 radical (unpaired) electrons. The van der Waals surface area contributed by atoms with Crippen LogP contribution < -0.4 is 0 Å². The average Bonchev–Trinajstić information content (AvgIpc) is 2.86. The predicted octanol–water partition coefficient (Wildman–Crippen LogP) is 8.84. The Balaban J connectivity index is 0.00000216. The number of Topliss-reactive ketones (excluding diaryl/α,β-unsaturated/α-hetero) is 1. The molecule has 1 aromatic carbocycles. The summed E-state index contributed by atoms with van der Waals surface area (Å²) >= 11 is 0. The van der Waals surface area contributed by atoms with Gasteiger partial charge >= 0.3 is 0 Å². The van der Waals surface area contributed by atoms with Crippen molar-refractivity contribution in [3.8, 4) is 11.8 Å². The van der Waals surface area contributed by atoms with Crippen molar-refractivity contribution >= 4 is 11.4 Å². The Morgan fingerprint density at radius 1 is 1.18 bits per heavy atom. The Morgan fingerprint density at radius 2 is 1.80 bits per heavy atom. The summed E-state index contributed by atoms with van der Waals surface area (Å²) in [5.41, 5.74) is 5.24. The van der Waals surface area contributed by atoms with E-state index < -0.39 is 16.9 Å². The van der Waals surface area contributed by atoms with Gasteiger partial charge in [0, 0.05) is 23.3 Å². The highest BCUT2D eigenvalue weighted by Crippen LogP contribution is 2.68. The van der Waals surface area contributed by atoms with E-state index >= 15 is 0 Å². The van der Waals surface area contributed by atoms with E-state index in [0.717, 1.165) is 59.1 Å². The number of aliphatic hydroxyl groups is 2. The second kappa shape index (κ2) is 11.2. The van der Waals surface area contributed by atoms with Crippen LogP contribution in [0.4, 0.5) is 0 Å². The van der Waals surface area contributed by atoms with Gasteiger partial charge in [-0.15, -0.1) is 0 Å². The van der Waals surface area contributed by atoms with Crippen molar-refractivity contribution < 1.29 is 15.0 Å². The van der Waals surface area contributed by atoms with Gasteiger partial charge in [-0.2, -0.15) is 0 Å². The first-order valence-corrected chi connectivity index (χ1v) is 15.1. The Kier molecular flexibility index (Phi) is 8.88. The minimum Gasteiger partial charge on any atom is -0.511 e. The fourth-order valence-electron chi connectivity index (χ4n) is 8.40. The molecule has 0 fully saturated rings. The molecule has 0 saturated carbocycles. The third-order valence-electron chi connectivity index (χ3n) is 9.67. The first kappa shape index (κ1) is 31.7. The highest BCUT2D eigenvalue weighted by atomic mass is 16.3. The topological polar surface area (TPSA) is 57.5 Å². The minimum atomic E-state index is -1.48. The Morgan fingerprint density at radius 3 is 2.35 bits per heavy atom. The first-order chi connectivity index (χ1) is 18.7. The van der Waals surface area contributed by atoms with Gasteiger partial charge in [-0.25, -0.2) is 0 Å². The second-order valence-corrected chi connectivity index (χ2v) is 12.7. The number of rotatable bonds is 4. The number of benzene rings is 1. The van der Waals surface area contributed by atoms with Gasteiger partial charge < -0.3 is 10.2 Å². The number of unbranched alkanes of at least 4 members (excludes halogenated alkanes) is 2. The lowest BCUT2D eigenvalue weighted by Gasteiger charge is -2.63. The van der Waals surface area contributed by atoms with Gasteiger partial charge in [0.15, 0.2) is 5.78 Å². The molecule has 0 unspecified atom stereocenters. The lowest BCUT2D eigenvalue weighted by Crippen LogP contribution is -2.63. The largest absolute Gasteiger partial charge is 0.511 e. The van der Waals surface area contributed by atoms with Crippen molar-refractivity contribution in [1.29, 1.82) is 0 Å². The molecule has 3 aliphatic rings. The highest BCUT2D eigenvalue weighted by molar-refractivity contribution is 6.00. The van der Waals surface area contributed by atoms with Crippen molar-refractivity contribution in [2.75, 3.05) is 0 Å². The van der Waals surface area contributed by atoms with E-state index in [-0.39, 0.29) is 28.4 Å². The van der Waals surface area contributed by atoms with Crippen LogP contribution in [0.15, 0.2) is 53.3 Å². The maximum Gasteiger partial charge on any atom is 0.163 e. The van der Waals surface area contributed by atoms with Gasteiger partial charge in [-0.3, -0.25) is 4.79 Å². The molecule has 0 heterocycles. The van der Waals surface area contributed by atoms with Crippen LogP contribution in [-0.4, -0.2) is 21.6 Å². The van der Waals surface area contributed by atoms with Crippen LogP contribution in [0.3, 0.4) is 0 Å². The van der Waals surface area contributed by atoms with Crippen molar-refractivity contribution in [2.45, 2.75) is 107 Å². The molecule has 4 atom stereocenters. The number of aliphatic hydroxyl groups excluding tert-OH is 1. The van der Waals surface area contributed by atoms with E-state index in [0.29, 0.717) is 12.0 Å². The van der Waals surface area contributed by atoms with Gasteiger partial charge in [0.25, 0.3) is 0 Å². The van der Waals surface area contributed by atoms with Gasteiger partial charge in [-0.05, 0) is 96.4 Å². The Labute approximate surface area is 243 Å². The minimum absolute atomic E-state index is 0.00763. The third kappa shape index (κ3) is 4.44. The molecule has 3 aliphatic carbocycles. The number of carbonyl (C=O) groups excluding carboxylic acids is 1. The fraction of sp³-hybridized carbons (Fsp3) is 0.541. The fourth-order valence-corrected chi connectivity index (χ4v) is 8.40. The quantitative estimate of drug-likeness (QED) is 0.295. The van der Waals surface area contributed by atoms with E-state index in [1.54, 1.807) is 0 Å². The summed E-state index contributed by atoms with van der Waals surface area (Å²) in [4.78, 5) is 12.8. The van der Waals surface area contributed by atoms with E-state index in [4.69, 9.17) is 0 Å². The average molecular weight is 543 g/mol. The maximum absolute atomic E-state index is 12.8. The molecule has 0 saturated heterocycles. The number of hydrogen-bond donors (Lipinski definition) is 2. The molecule has 0 spiro atoms. The van der Waals surface area contributed by atoms with Crippen LogP contribution >= 0.6 is 0 Å². The van der Waals surface area contributed by atoms with Crippen molar-refractivity contribution in [3.05, 3.63) is 75.6 Å². The van der Waals surface area contributed by atoms with Crippen LogP contribution in [0.5, 0.6) is 0 Å². The molecular weight excluding hydrogens is 492 g/mol. The number of fused-ring (bicyclic) bond motifs is 3. The van der Waals surface area contributed by atoms with E-state index in [2.05, 4.69) is 78.7 Å². The van der Waals surface area contributed by atoms with Crippen LogP contribution in [0.2, 0.25) is 0 Å². The summed E-state index contributed by atoms with van der Waals surface area (Å²) in [7, 11) is 0. The molecule has 3 heteroatoms. The zero-order chi connectivity index (χ0) is 30.4. The zero-order valence-electron chi connectivity index (χ0n) is 26.6. The smallest absolute Gasteiger partial charge is 0.163 e. The number of hydrogen-bond acceptors (Lipinski definition) is 3. The predicted molar refractivity (Wildman–Crippen MR) is 168 cm³/mol. The monoisotopic (exact) mass is 542 g/mol. The Bertz CT molecular complexity index is 1370. The standard InChI is InChI=1S/C35H44O3.C2H6/c1-11-12-13-14-15-26-17-16-21(4)28-22(5)31-24(7)35(38)23(6)29(25(8)36)32(37)30(20(2)3)34(35,10)19-33(31,9)18-27(26)28;1-2/h16-17,20,30,37-38H,5-6,11-13,18-19H2,1-4,7-10H3;1-2H3/t30-,33+,34+,35-;/m1./s1. The number of aryl methyl sites for hydroxylation is 1. The molecule has 0 aromatic heterocycles. The van der Waals surface area contributed by atoms with E-state index in [1.807, 2.05) is 20.8 Å². The van der Waals surface area contributed by atoms with Crippen LogP contribution in [0.1, 0.15) is 110 Å². The summed E-state index contributed by atoms with van der Waals surface area (Å²) in [6.07, 6.45) is 4.50. The molecule has 4 rings (SSSR count). The molecule has 40 heavy (non-hydrogen) atoms. The summed E-state index contributed by atoms with van der Waals surface area (Å²) in [5, 5.41) is 24.2. The van der Waals surface area contributed by atoms with Gasteiger partial charge in [0.05, 0.1) is 5.57 Å². The number of allylic oxidation sites excluding steroid dienone is 3. The maximum atomic E-state index is 12.8. The lowest BCUT2D eigenvalue weighted by atomic mass is 9.42. The normalized spacial score (nSPS) is 29.1. The van der Waals surface area contributed by atoms with E-state index in [9.17, 15) is 15.0 Å². The first-order valence-electron chi connectivity index (χ1n) is 15.1. The number of carbonyl (C=O) groups is 1. The van der Waals surface area contributed by atoms with Gasteiger partial charge in [0.1, 0.15) is 11.4 Å². The Hall–Kier alpha value is -2.83. The number of ketones is 1. The lowest BCUT2D eigenvalue weighted by molar-refractivity contribution is -0.119. The summed E-state index contributed by atoms with van der Waals surface area (Å²) in [5.74, 6) is 6.24. The molecule has 0 aliphatic heterocycles. The third-order valence-corrected chi connectivity index (χ3v) is 9.67. The van der Waals surface area contributed by atoms with Gasteiger partial charge in [0.2, 0.25) is 0 Å². The molecular formula is C37H50O3. The SMILES string of the molecule is C=C1C2=C(C)[C@]3(O)C(=C)C(C(C)=O)=C(O)[C@@H](C(C)C)[C@]3(C)C[C@]2(C)Cc2c(C#CCCCC)ccc(C)c21.CC. The summed E-state index contributed by atoms with van der Waals surface area (Å²) in [6, 6.07) is 4.26. The molecule has 0 amide bonds. The van der Waals surface area contributed by atoms with Crippen molar-refractivity contribution in [2.24, 2.45) is 22.7 Å². The van der Waals surface area contributed by atoms with Crippen molar-refractivity contribution in [1.82, 2.24) is 0 Å². The highest BCUT2D eigenvalue weighted by Gasteiger charge is 2.66. The summed E-state index contributed by atoms with van der Waals surface area (Å²) < 4.78 is 0. The molecule has 0 bridgehead atoms. The molecule has 3 nitrogen and oxygen atoms in total. The van der Waals surface area contributed by atoms with E-state index in [1.165, 1.54) is 12.5 Å². The van der Waals surface area contributed by atoms with Crippen molar-refractivity contribution in [3.63, 3.8) is 0 Å². The zero-order valence-corrected chi connectivity index (χ0v) is 26.6. The molecule has 216 valence electrons.